The van der Waals surface area contributed by atoms with Crippen LogP contribution in [-0.4, -0.2) is 50.1 Å². The van der Waals surface area contributed by atoms with Crippen molar-refractivity contribution >= 4 is 27.6 Å². The Kier molecular flexibility index (Phi) is 4.28. The first-order chi connectivity index (χ1) is 9.34. The van der Waals surface area contributed by atoms with Crippen LogP contribution in [0.2, 0.25) is 5.02 Å². The van der Waals surface area contributed by atoms with Crippen molar-refractivity contribution in [2.45, 2.75) is 4.90 Å². The molecule has 9 heteroatoms. The van der Waals surface area contributed by atoms with Gasteiger partial charge >= 0.3 is 5.97 Å². The molecule has 0 atom stereocenters. The molecule has 1 aliphatic heterocycles. The minimum Gasteiger partial charge on any atom is -0.478 e. The lowest BCUT2D eigenvalue weighted by molar-refractivity contribution is 0.0690. The third-order valence-electron chi connectivity index (χ3n) is 2.82. The number of benzene rings is 1. The van der Waals surface area contributed by atoms with Gasteiger partial charge in [0.2, 0.25) is 10.0 Å². The highest BCUT2D eigenvalue weighted by Gasteiger charge is 2.31. The predicted octanol–water partition coefficient (Wildman–Crippen LogP) is 1.20. The molecule has 0 spiro atoms. The highest BCUT2D eigenvalue weighted by atomic mass is 35.5. The van der Waals surface area contributed by atoms with Gasteiger partial charge in [0.05, 0.1) is 18.8 Å². The Bertz CT molecular complexity index is 642. The van der Waals surface area contributed by atoms with E-state index in [2.05, 4.69) is 0 Å². The summed E-state index contributed by atoms with van der Waals surface area (Å²) in [5.41, 5.74) is -0.774. The maximum Gasteiger partial charge on any atom is 0.338 e. The molecule has 0 aliphatic carbocycles. The van der Waals surface area contributed by atoms with Crippen LogP contribution in [0.4, 0.5) is 4.39 Å². The topological polar surface area (TPSA) is 83.9 Å². The first kappa shape index (κ1) is 15.2. The number of carboxylic acid groups (broad SMARTS) is 1. The fourth-order valence-electron chi connectivity index (χ4n) is 1.83. The molecule has 1 aromatic carbocycles. The average molecular weight is 324 g/mol. The SMILES string of the molecule is O=C(O)c1cc(Cl)cc(S(=O)(=O)N2CCOCC2)c1F. The molecule has 1 N–H and O–H groups in total. The molecule has 1 saturated heterocycles. The Morgan fingerprint density at radius 2 is 1.95 bits per heavy atom. The number of carbonyl (C=O) groups is 1. The van der Waals surface area contributed by atoms with Crippen LogP contribution in [0.3, 0.4) is 0 Å². The number of carboxylic acids is 1. The van der Waals surface area contributed by atoms with Gasteiger partial charge in [-0.1, -0.05) is 11.6 Å². The molecule has 0 amide bonds. The third-order valence-corrected chi connectivity index (χ3v) is 4.94. The van der Waals surface area contributed by atoms with E-state index in [1.165, 1.54) is 0 Å². The number of hydrogen-bond donors (Lipinski definition) is 1. The lowest BCUT2D eigenvalue weighted by atomic mass is 10.2. The van der Waals surface area contributed by atoms with Crippen LogP contribution >= 0.6 is 11.6 Å². The molecule has 6 nitrogen and oxygen atoms in total. The number of sulfonamides is 1. The summed E-state index contributed by atoms with van der Waals surface area (Å²) < 4.78 is 44.8. The minimum atomic E-state index is -4.14. The van der Waals surface area contributed by atoms with E-state index in [1.54, 1.807) is 0 Å². The first-order valence-electron chi connectivity index (χ1n) is 5.64. The normalized spacial score (nSPS) is 17.1. The summed E-state index contributed by atoms with van der Waals surface area (Å²) in [4.78, 5) is 10.2. The standard InChI is InChI=1S/C11H11ClFNO5S/c12-7-5-8(11(15)16)10(13)9(6-7)20(17,18)14-1-3-19-4-2-14/h5-6H,1-4H2,(H,15,16). The van der Waals surface area contributed by atoms with Crippen molar-refractivity contribution in [3.8, 4) is 0 Å². The summed E-state index contributed by atoms with van der Waals surface area (Å²) in [6.45, 7) is 0.563. The molecule has 0 radical (unpaired) electrons. The smallest absolute Gasteiger partial charge is 0.338 e. The van der Waals surface area contributed by atoms with Crippen LogP contribution in [-0.2, 0) is 14.8 Å². The molecular weight excluding hydrogens is 313 g/mol. The van der Waals surface area contributed by atoms with Crippen LogP contribution in [0.15, 0.2) is 17.0 Å². The van der Waals surface area contributed by atoms with Gasteiger partial charge in [-0.15, -0.1) is 0 Å². The fraction of sp³-hybridized carbons (Fsp3) is 0.364. The second-order valence-electron chi connectivity index (χ2n) is 4.09. The Morgan fingerprint density at radius 1 is 1.35 bits per heavy atom. The number of hydrogen-bond acceptors (Lipinski definition) is 4. The quantitative estimate of drug-likeness (QED) is 0.903. The second kappa shape index (κ2) is 5.65. The summed E-state index contributed by atoms with van der Waals surface area (Å²) in [6.07, 6.45) is 0. The van der Waals surface area contributed by atoms with Crippen molar-refractivity contribution in [2.24, 2.45) is 0 Å². The van der Waals surface area contributed by atoms with E-state index in [0.717, 1.165) is 16.4 Å². The van der Waals surface area contributed by atoms with Gasteiger partial charge in [0.25, 0.3) is 0 Å². The molecule has 1 aromatic rings. The van der Waals surface area contributed by atoms with Crippen LogP contribution in [0.5, 0.6) is 0 Å². The van der Waals surface area contributed by atoms with Gasteiger partial charge in [-0.2, -0.15) is 4.31 Å². The molecule has 1 heterocycles. The number of rotatable bonds is 3. The summed E-state index contributed by atoms with van der Waals surface area (Å²) in [7, 11) is -4.14. The van der Waals surface area contributed by atoms with Crippen molar-refractivity contribution in [1.29, 1.82) is 0 Å². The van der Waals surface area contributed by atoms with Gasteiger partial charge in [0, 0.05) is 18.1 Å². The Hall–Kier alpha value is -1.22. The zero-order chi connectivity index (χ0) is 14.9. The number of morpholine rings is 1. The summed E-state index contributed by atoms with van der Waals surface area (Å²) in [5.74, 6) is -2.89. The lowest BCUT2D eigenvalue weighted by Crippen LogP contribution is -2.41. The maximum absolute atomic E-state index is 14.1. The van der Waals surface area contributed by atoms with E-state index in [-0.39, 0.29) is 31.3 Å². The molecule has 0 aromatic heterocycles. The van der Waals surface area contributed by atoms with E-state index in [9.17, 15) is 17.6 Å². The summed E-state index contributed by atoms with van der Waals surface area (Å²) >= 11 is 5.67. The third kappa shape index (κ3) is 2.78. The lowest BCUT2D eigenvalue weighted by Gasteiger charge is -2.26. The van der Waals surface area contributed by atoms with Gasteiger partial charge in [-0.3, -0.25) is 0 Å². The van der Waals surface area contributed by atoms with Crippen LogP contribution in [0.1, 0.15) is 10.4 Å². The van der Waals surface area contributed by atoms with Gasteiger partial charge in [-0.25, -0.2) is 17.6 Å². The molecule has 2 rings (SSSR count). The predicted molar refractivity (Wildman–Crippen MR) is 67.9 cm³/mol. The van der Waals surface area contributed by atoms with Crippen LogP contribution in [0.25, 0.3) is 0 Å². The highest BCUT2D eigenvalue weighted by molar-refractivity contribution is 7.89. The average Bonchev–Trinajstić information content (AvgIpc) is 2.41. The molecule has 1 aliphatic rings. The van der Waals surface area contributed by atoms with E-state index in [0.29, 0.717) is 0 Å². The van der Waals surface area contributed by atoms with Crippen molar-refractivity contribution < 1.29 is 27.4 Å². The van der Waals surface area contributed by atoms with Crippen LogP contribution < -0.4 is 0 Å². The molecule has 0 bridgehead atoms. The number of ether oxygens (including phenoxy) is 1. The van der Waals surface area contributed by atoms with Crippen molar-refractivity contribution in [2.75, 3.05) is 26.3 Å². The van der Waals surface area contributed by atoms with E-state index in [4.69, 9.17) is 21.4 Å². The number of aromatic carboxylic acids is 1. The molecule has 110 valence electrons. The first-order valence-corrected chi connectivity index (χ1v) is 7.46. The summed E-state index contributed by atoms with van der Waals surface area (Å²) in [5, 5.41) is 8.71. The van der Waals surface area contributed by atoms with Crippen molar-refractivity contribution in [3.05, 3.63) is 28.5 Å². The van der Waals surface area contributed by atoms with E-state index in [1.807, 2.05) is 0 Å². The maximum atomic E-state index is 14.1. The summed E-state index contributed by atoms with van der Waals surface area (Å²) in [6, 6.07) is 1.78. The molecule has 0 unspecified atom stereocenters. The van der Waals surface area contributed by atoms with Gasteiger partial charge in [-0.05, 0) is 12.1 Å². The molecule has 0 saturated carbocycles. The Morgan fingerprint density at radius 3 is 2.50 bits per heavy atom. The number of halogens is 2. The largest absolute Gasteiger partial charge is 0.478 e. The van der Waals surface area contributed by atoms with Crippen molar-refractivity contribution in [1.82, 2.24) is 4.31 Å². The monoisotopic (exact) mass is 323 g/mol. The molecule has 1 fully saturated rings. The zero-order valence-corrected chi connectivity index (χ0v) is 11.7. The fourth-order valence-corrected chi connectivity index (χ4v) is 3.64. The molecule has 20 heavy (non-hydrogen) atoms. The van der Waals surface area contributed by atoms with E-state index < -0.39 is 32.3 Å². The zero-order valence-electron chi connectivity index (χ0n) is 10.2. The van der Waals surface area contributed by atoms with Crippen molar-refractivity contribution in [3.63, 3.8) is 0 Å². The Labute approximate surface area is 119 Å². The Balaban J connectivity index is 2.53. The highest BCUT2D eigenvalue weighted by Crippen LogP contribution is 2.26. The van der Waals surface area contributed by atoms with Crippen LogP contribution in [0, 0.1) is 5.82 Å². The van der Waals surface area contributed by atoms with E-state index >= 15 is 0 Å². The van der Waals surface area contributed by atoms with Gasteiger partial charge < -0.3 is 9.84 Å². The molecular formula is C11H11ClFNO5S. The second-order valence-corrected chi connectivity index (χ2v) is 6.43. The van der Waals surface area contributed by atoms with Gasteiger partial charge in [0.15, 0.2) is 5.82 Å². The minimum absolute atomic E-state index is 0.0801. The number of nitrogens with zero attached hydrogens (tertiary/aromatic N) is 1. The van der Waals surface area contributed by atoms with Gasteiger partial charge in [0.1, 0.15) is 4.90 Å².